The molecule has 0 atom stereocenters. The van der Waals surface area contributed by atoms with Gasteiger partial charge in [0.25, 0.3) is 0 Å². The van der Waals surface area contributed by atoms with E-state index >= 15 is 0 Å². The second kappa shape index (κ2) is 9.57. The largest absolute Gasteiger partial charge is 0.493 e. The molecule has 0 spiro atoms. The highest BCUT2D eigenvalue weighted by atomic mass is 32.1. The van der Waals surface area contributed by atoms with Crippen LogP contribution in [0.1, 0.15) is 22.9 Å². The molecule has 2 N–H and O–H groups in total. The lowest BCUT2D eigenvalue weighted by atomic mass is 9.99. The number of quaternary nitrogens is 1. The number of nitrogens with zero attached hydrogens (tertiary/aromatic N) is 1. The van der Waals surface area contributed by atoms with E-state index in [4.69, 9.17) is 14.5 Å². The topological polar surface area (TPSA) is 48.0 Å². The lowest BCUT2D eigenvalue weighted by Gasteiger charge is -2.16. The molecule has 0 amide bonds. The van der Waals surface area contributed by atoms with E-state index in [0.29, 0.717) is 5.75 Å². The van der Waals surface area contributed by atoms with Gasteiger partial charge in [-0.05, 0) is 18.2 Å². The van der Waals surface area contributed by atoms with Crippen molar-refractivity contribution in [1.82, 2.24) is 4.98 Å². The maximum absolute atomic E-state index is 5.43. The molecule has 0 saturated heterocycles. The molecular formula is C25H25N2O2S+. The smallest absolute Gasteiger partial charge is 0.161 e. The van der Waals surface area contributed by atoms with Crippen molar-refractivity contribution in [3.63, 3.8) is 0 Å². The fourth-order valence-electron chi connectivity index (χ4n) is 3.53. The van der Waals surface area contributed by atoms with E-state index in [1.807, 2.05) is 18.2 Å². The second-order valence-electron chi connectivity index (χ2n) is 6.95. The molecule has 1 heterocycles. The molecule has 1 aromatic heterocycles. The maximum Gasteiger partial charge on any atom is 0.161 e. The molecule has 0 aliphatic carbocycles. The molecule has 0 saturated carbocycles. The molecule has 0 bridgehead atoms. The number of ether oxygens (including phenoxy) is 2. The lowest BCUT2D eigenvalue weighted by molar-refractivity contribution is -0.702. The molecule has 152 valence electrons. The Morgan fingerprint density at radius 3 is 2.07 bits per heavy atom. The molecule has 5 heteroatoms. The predicted octanol–water partition coefficient (Wildman–Crippen LogP) is 4.68. The van der Waals surface area contributed by atoms with Crippen molar-refractivity contribution in [2.24, 2.45) is 0 Å². The van der Waals surface area contributed by atoms with Crippen LogP contribution >= 0.6 is 11.3 Å². The molecule has 0 radical (unpaired) electrons. The van der Waals surface area contributed by atoms with Gasteiger partial charge in [-0.25, -0.2) is 4.98 Å². The molecule has 4 rings (SSSR count). The van der Waals surface area contributed by atoms with Crippen molar-refractivity contribution in [3.8, 4) is 22.1 Å². The average molecular weight is 418 g/mol. The molecule has 4 aromatic rings. The molecular weight excluding hydrogens is 392 g/mol. The van der Waals surface area contributed by atoms with E-state index < -0.39 is 0 Å². The number of benzene rings is 3. The fourth-order valence-corrected chi connectivity index (χ4v) is 4.36. The van der Waals surface area contributed by atoms with Crippen LogP contribution in [-0.2, 0) is 6.54 Å². The SMILES string of the molecule is COc1ccc(-c2nc(C[NH2+]C(c3ccccc3)c3ccccc3)cs2)cc1OC. The lowest BCUT2D eigenvalue weighted by Crippen LogP contribution is -2.84. The monoisotopic (exact) mass is 417 g/mol. The Morgan fingerprint density at radius 1 is 0.833 bits per heavy atom. The van der Waals surface area contributed by atoms with E-state index in [1.165, 1.54) is 11.1 Å². The standard InChI is InChI=1S/C25H24N2O2S/c1-28-22-14-13-20(15-23(22)29-2)25-27-21(17-30-25)16-26-24(18-9-5-3-6-10-18)19-11-7-4-8-12-19/h3-15,17,24,26H,16H2,1-2H3/p+1. The van der Waals surface area contributed by atoms with Gasteiger partial charge in [0.2, 0.25) is 0 Å². The van der Waals surface area contributed by atoms with Gasteiger partial charge in [-0.15, -0.1) is 11.3 Å². The molecule has 0 aliphatic heterocycles. The number of rotatable bonds is 8. The fraction of sp³-hybridized carbons (Fsp3) is 0.160. The Hall–Kier alpha value is -3.15. The minimum Gasteiger partial charge on any atom is -0.493 e. The van der Waals surface area contributed by atoms with E-state index in [-0.39, 0.29) is 6.04 Å². The summed E-state index contributed by atoms with van der Waals surface area (Å²) in [6.45, 7) is 0.804. The number of aromatic nitrogens is 1. The summed E-state index contributed by atoms with van der Waals surface area (Å²) in [4.78, 5) is 4.86. The summed E-state index contributed by atoms with van der Waals surface area (Å²) in [6, 6.07) is 27.4. The highest BCUT2D eigenvalue weighted by Crippen LogP contribution is 2.33. The Morgan fingerprint density at radius 2 is 1.47 bits per heavy atom. The number of methoxy groups -OCH3 is 2. The Kier molecular flexibility index (Phi) is 6.42. The van der Waals surface area contributed by atoms with Crippen LogP contribution in [0.15, 0.2) is 84.2 Å². The van der Waals surface area contributed by atoms with Crippen LogP contribution in [0.25, 0.3) is 10.6 Å². The van der Waals surface area contributed by atoms with Crippen molar-refractivity contribution >= 4 is 11.3 Å². The zero-order valence-corrected chi connectivity index (χ0v) is 17.9. The van der Waals surface area contributed by atoms with Crippen molar-refractivity contribution < 1.29 is 14.8 Å². The van der Waals surface area contributed by atoms with Gasteiger partial charge in [-0.1, -0.05) is 60.7 Å². The van der Waals surface area contributed by atoms with Crippen LogP contribution in [0.3, 0.4) is 0 Å². The van der Waals surface area contributed by atoms with Gasteiger partial charge in [-0.2, -0.15) is 0 Å². The highest BCUT2D eigenvalue weighted by molar-refractivity contribution is 7.13. The van der Waals surface area contributed by atoms with Crippen LogP contribution in [0.5, 0.6) is 11.5 Å². The van der Waals surface area contributed by atoms with Gasteiger partial charge in [-0.3, -0.25) is 0 Å². The van der Waals surface area contributed by atoms with Gasteiger partial charge in [0.15, 0.2) is 11.5 Å². The third-order valence-electron chi connectivity index (χ3n) is 5.06. The van der Waals surface area contributed by atoms with E-state index in [1.54, 1.807) is 25.6 Å². The Balaban J connectivity index is 1.53. The van der Waals surface area contributed by atoms with Crippen molar-refractivity contribution in [2.75, 3.05) is 14.2 Å². The van der Waals surface area contributed by atoms with Gasteiger partial charge >= 0.3 is 0 Å². The number of hydrogen-bond acceptors (Lipinski definition) is 4. The van der Waals surface area contributed by atoms with E-state index in [0.717, 1.165) is 28.6 Å². The summed E-state index contributed by atoms with van der Waals surface area (Å²) in [5.41, 5.74) is 4.69. The quantitative estimate of drug-likeness (QED) is 0.453. The van der Waals surface area contributed by atoms with Crippen LogP contribution in [0.4, 0.5) is 0 Å². The summed E-state index contributed by atoms with van der Waals surface area (Å²) in [5, 5.41) is 5.46. The molecule has 30 heavy (non-hydrogen) atoms. The minimum absolute atomic E-state index is 0.235. The summed E-state index contributed by atoms with van der Waals surface area (Å²) >= 11 is 1.65. The first-order valence-electron chi connectivity index (χ1n) is 9.88. The maximum atomic E-state index is 5.43. The zero-order valence-electron chi connectivity index (χ0n) is 17.1. The number of hydrogen-bond donors (Lipinski definition) is 1. The van der Waals surface area contributed by atoms with Crippen LogP contribution in [-0.4, -0.2) is 19.2 Å². The molecule has 0 unspecified atom stereocenters. The molecule has 0 fully saturated rings. The van der Waals surface area contributed by atoms with Gasteiger partial charge in [0, 0.05) is 22.1 Å². The average Bonchev–Trinajstić information content (AvgIpc) is 3.29. The third kappa shape index (κ3) is 4.53. The molecule has 3 aromatic carbocycles. The minimum atomic E-state index is 0.235. The first kappa shape index (κ1) is 20.1. The van der Waals surface area contributed by atoms with Gasteiger partial charge < -0.3 is 14.8 Å². The summed E-state index contributed by atoms with van der Waals surface area (Å²) in [7, 11) is 3.29. The first-order valence-corrected chi connectivity index (χ1v) is 10.8. The van der Waals surface area contributed by atoms with Crippen LogP contribution in [0, 0.1) is 0 Å². The van der Waals surface area contributed by atoms with Gasteiger partial charge in [0.05, 0.1) is 14.2 Å². The second-order valence-corrected chi connectivity index (χ2v) is 7.81. The summed E-state index contributed by atoms with van der Waals surface area (Å²) in [6.07, 6.45) is 0. The van der Waals surface area contributed by atoms with Crippen LogP contribution in [0.2, 0.25) is 0 Å². The first-order chi connectivity index (χ1) is 14.8. The van der Waals surface area contributed by atoms with Crippen molar-refractivity contribution in [3.05, 3.63) is 101 Å². The molecule has 4 nitrogen and oxygen atoms in total. The Bertz CT molecular complexity index is 1040. The zero-order chi connectivity index (χ0) is 20.8. The van der Waals surface area contributed by atoms with Crippen LogP contribution < -0.4 is 14.8 Å². The Labute approximate surface area is 181 Å². The van der Waals surface area contributed by atoms with Gasteiger partial charge in [0.1, 0.15) is 23.3 Å². The van der Waals surface area contributed by atoms with E-state index in [9.17, 15) is 0 Å². The predicted molar refractivity (Wildman–Crippen MR) is 121 cm³/mol. The van der Waals surface area contributed by atoms with Crippen molar-refractivity contribution in [1.29, 1.82) is 0 Å². The summed E-state index contributed by atoms with van der Waals surface area (Å²) < 4.78 is 10.8. The number of thiazole rings is 1. The highest BCUT2D eigenvalue weighted by Gasteiger charge is 2.18. The van der Waals surface area contributed by atoms with E-state index in [2.05, 4.69) is 71.4 Å². The van der Waals surface area contributed by atoms with Crippen molar-refractivity contribution in [2.45, 2.75) is 12.6 Å². The molecule has 0 aliphatic rings. The summed E-state index contributed by atoms with van der Waals surface area (Å²) in [5.74, 6) is 1.44. The normalized spacial score (nSPS) is 10.9. The number of nitrogens with two attached hydrogens (primary N) is 1. The third-order valence-corrected chi connectivity index (χ3v) is 6.00.